The molecule has 2 aliphatic rings. The Hall–Kier alpha value is -5.10. The van der Waals surface area contributed by atoms with E-state index in [1.54, 1.807) is 30.4 Å². The number of rotatable bonds is 4. The van der Waals surface area contributed by atoms with Crippen molar-refractivity contribution in [3.05, 3.63) is 81.4 Å². The molecule has 1 atom stereocenters. The molecule has 1 unspecified atom stereocenters. The molecule has 13 heteroatoms. The second-order valence-electron chi connectivity index (χ2n) is 12.3. The molecular formula is C34H32ClFN8O3. The van der Waals surface area contributed by atoms with Crippen molar-refractivity contribution in [3.8, 4) is 16.8 Å². The molecule has 1 fully saturated rings. The minimum atomic E-state index is -0.913. The van der Waals surface area contributed by atoms with Crippen LogP contribution in [0.4, 0.5) is 15.9 Å². The molecule has 5 heterocycles. The lowest BCUT2D eigenvalue weighted by Crippen LogP contribution is -2.60. The van der Waals surface area contributed by atoms with Crippen LogP contribution in [-0.2, 0) is 9.59 Å². The highest BCUT2D eigenvalue weighted by Crippen LogP contribution is 2.50. The van der Waals surface area contributed by atoms with Crippen LogP contribution in [0.3, 0.4) is 0 Å². The number of H-pyrrole nitrogens is 1. The summed E-state index contributed by atoms with van der Waals surface area (Å²) in [7, 11) is 1.57. The summed E-state index contributed by atoms with van der Waals surface area (Å²) < 4.78 is 19.1. The number of piperazine rings is 1. The summed E-state index contributed by atoms with van der Waals surface area (Å²) in [6.45, 7) is 11.6. The van der Waals surface area contributed by atoms with Gasteiger partial charge in [0.15, 0.2) is 5.82 Å². The molecule has 2 aromatic carbocycles. The van der Waals surface area contributed by atoms with Gasteiger partial charge in [-0.3, -0.25) is 24.2 Å². The molecule has 0 aliphatic carbocycles. The molecule has 0 spiro atoms. The summed E-state index contributed by atoms with van der Waals surface area (Å²) in [6.07, 6.45) is 4.46. The Morgan fingerprint density at radius 3 is 2.62 bits per heavy atom. The summed E-state index contributed by atoms with van der Waals surface area (Å²) in [4.78, 5) is 55.1. The van der Waals surface area contributed by atoms with Crippen LogP contribution in [0.15, 0.2) is 48.0 Å². The number of halogens is 2. The summed E-state index contributed by atoms with van der Waals surface area (Å²) in [5.74, 6) is -1.45. The second-order valence-corrected chi connectivity index (χ2v) is 12.7. The van der Waals surface area contributed by atoms with Crippen molar-refractivity contribution in [2.24, 2.45) is 0 Å². The topological polar surface area (TPSA) is 120 Å². The highest BCUT2D eigenvalue weighted by Gasteiger charge is 2.43. The molecule has 0 radical (unpaired) electrons. The Balaban J connectivity index is 1.68. The number of likely N-dealkylation sites (N-methyl/N-ethyl adjacent to an activating group) is 1. The minimum absolute atomic E-state index is 0.0123. The molecule has 1 saturated heterocycles. The number of aryl methyl sites for hydroxylation is 2. The second kappa shape index (κ2) is 11.0. The number of hydrogen-bond donors (Lipinski definition) is 1. The van der Waals surface area contributed by atoms with E-state index < -0.39 is 17.5 Å². The molecule has 3 aromatic heterocycles. The molecule has 2 aliphatic heterocycles. The lowest BCUT2D eigenvalue weighted by molar-refractivity contribution is -0.128. The van der Waals surface area contributed by atoms with Crippen molar-refractivity contribution >= 4 is 56.7 Å². The average molecular weight is 655 g/mol. The number of anilines is 2. The molecule has 11 nitrogen and oxygen atoms in total. The quantitative estimate of drug-likeness (QED) is 0.270. The van der Waals surface area contributed by atoms with Crippen molar-refractivity contribution in [2.45, 2.75) is 39.7 Å². The van der Waals surface area contributed by atoms with Crippen molar-refractivity contribution in [1.29, 1.82) is 0 Å². The largest absolute Gasteiger partial charge is 0.354 e. The number of benzene rings is 2. The number of aromatic amines is 1. The fourth-order valence-corrected chi connectivity index (χ4v) is 7.38. The van der Waals surface area contributed by atoms with Crippen molar-refractivity contribution in [2.75, 3.05) is 36.5 Å². The first-order chi connectivity index (χ1) is 22.5. The van der Waals surface area contributed by atoms with E-state index >= 15 is 4.39 Å². The van der Waals surface area contributed by atoms with Crippen LogP contribution in [0.25, 0.3) is 38.6 Å². The third-order valence-electron chi connectivity index (χ3n) is 9.27. The molecule has 7 rings (SSSR count). The van der Waals surface area contributed by atoms with Crippen LogP contribution in [0.5, 0.6) is 0 Å². The van der Waals surface area contributed by atoms with Gasteiger partial charge in [-0.05, 0) is 49.1 Å². The van der Waals surface area contributed by atoms with Gasteiger partial charge >= 0.3 is 5.69 Å². The lowest BCUT2D eigenvalue weighted by atomic mass is 9.94. The van der Waals surface area contributed by atoms with E-state index in [1.165, 1.54) is 20.4 Å². The number of aromatic nitrogens is 5. The number of carbonyl (C=O) groups is 2. The number of pyridine rings is 1. The van der Waals surface area contributed by atoms with E-state index in [2.05, 4.69) is 26.7 Å². The van der Waals surface area contributed by atoms with Gasteiger partial charge in [-0.25, -0.2) is 9.18 Å². The van der Waals surface area contributed by atoms with Gasteiger partial charge < -0.3 is 14.7 Å². The molecule has 0 saturated carbocycles. The fourth-order valence-electron chi connectivity index (χ4n) is 6.98. The zero-order valence-electron chi connectivity index (χ0n) is 26.6. The van der Waals surface area contributed by atoms with Gasteiger partial charge in [-0.1, -0.05) is 38.1 Å². The van der Waals surface area contributed by atoms with Gasteiger partial charge in [0.05, 0.1) is 45.7 Å². The Morgan fingerprint density at radius 2 is 1.89 bits per heavy atom. The maximum absolute atomic E-state index is 17.8. The number of nitrogens with one attached hydrogen (secondary N) is 1. The maximum atomic E-state index is 17.8. The number of carbonyl (C=O) groups excluding carboxylic acids is 2. The van der Waals surface area contributed by atoms with E-state index in [0.717, 1.165) is 0 Å². The Labute approximate surface area is 274 Å². The highest BCUT2D eigenvalue weighted by atomic mass is 35.5. The predicted octanol–water partition coefficient (Wildman–Crippen LogP) is 5.04. The van der Waals surface area contributed by atoms with Crippen LogP contribution in [0, 0.1) is 19.7 Å². The Morgan fingerprint density at radius 1 is 1.13 bits per heavy atom. The molecule has 1 N–H and O–H groups in total. The SMILES string of the molecule is C=CC(=O)N1CCN2c3nc(=O)n(-c4c(C)ccnc4C(C)C)c4c(F)c(-c5c(C)ccc6[nH]ncc56)c(Cl)c(c34)N(C)C(=O)C2C1. The van der Waals surface area contributed by atoms with Gasteiger partial charge in [-0.15, -0.1) is 0 Å². The average Bonchev–Trinajstić information content (AvgIpc) is 3.51. The van der Waals surface area contributed by atoms with Crippen LogP contribution < -0.4 is 15.5 Å². The molecular weight excluding hydrogens is 623 g/mol. The van der Waals surface area contributed by atoms with E-state index in [4.69, 9.17) is 11.6 Å². The zero-order chi connectivity index (χ0) is 33.5. The van der Waals surface area contributed by atoms with Crippen molar-refractivity contribution in [3.63, 3.8) is 0 Å². The molecule has 240 valence electrons. The standard InChI is InChI=1S/C34H32ClFN8O3/c1-7-22(45)42-12-13-43-21(15-42)33(46)41(6)30-25-31(27(36)24(26(30)35)23-17(4)8-9-20-19(23)14-38-40-20)44(34(47)39-32(25)43)29-18(5)10-11-37-28(29)16(2)3/h7-11,14,16,21H,1,12-13,15H2,2-6H3,(H,38,40). The Kier molecular flexibility index (Phi) is 7.16. The fraction of sp³-hybridized carbons (Fsp3) is 0.294. The van der Waals surface area contributed by atoms with Crippen LogP contribution in [0.2, 0.25) is 5.02 Å². The first kappa shape index (κ1) is 30.5. The van der Waals surface area contributed by atoms with Gasteiger partial charge in [0.2, 0.25) is 5.91 Å². The number of amides is 2. The lowest BCUT2D eigenvalue weighted by Gasteiger charge is -2.40. The summed E-state index contributed by atoms with van der Waals surface area (Å²) in [6, 6.07) is 4.53. The molecule has 2 amide bonds. The minimum Gasteiger partial charge on any atom is -0.340 e. The molecule has 5 aromatic rings. The van der Waals surface area contributed by atoms with Crippen molar-refractivity contribution in [1.82, 2.24) is 29.6 Å². The number of hydrogen-bond acceptors (Lipinski definition) is 7. The van der Waals surface area contributed by atoms with Gasteiger partial charge in [-0.2, -0.15) is 10.1 Å². The first-order valence-electron chi connectivity index (χ1n) is 15.3. The maximum Gasteiger partial charge on any atom is 0.354 e. The third kappa shape index (κ3) is 4.38. The van der Waals surface area contributed by atoms with E-state index in [0.29, 0.717) is 39.0 Å². The molecule has 0 bridgehead atoms. The summed E-state index contributed by atoms with van der Waals surface area (Å²) in [5, 5.41) is 7.95. The van der Waals surface area contributed by atoms with E-state index in [-0.39, 0.29) is 70.4 Å². The van der Waals surface area contributed by atoms with Crippen molar-refractivity contribution < 1.29 is 14.0 Å². The normalized spacial score (nSPS) is 16.3. The van der Waals surface area contributed by atoms with E-state index in [1.807, 2.05) is 39.8 Å². The summed E-state index contributed by atoms with van der Waals surface area (Å²) in [5.41, 5.74) is 2.99. The van der Waals surface area contributed by atoms with Gasteiger partial charge in [0, 0.05) is 42.8 Å². The van der Waals surface area contributed by atoms with Gasteiger partial charge in [0.1, 0.15) is 17.4 Å². The van der Waals surface area contributed by atoms with Crippen LogP contribution >= 0.6 is 11.6 Å². The smallest absolute Gasteiger partial charge is 0.340 e. The van der Waals surface area contributed by atoms with E-state index in [9.17, 15) is 14.4 Å². The Bertz CT molecular complexity index is 2240. The molecule has 47 heavy (non-hydrogen) atoms. The third-order valence-corrected chi connectivity index (χ3v) is 9.63. The van der Waals surface area contributed by atoms with Gasteiger partial charge in [0.25, 0.3) is 5.91 Å². The monoisotopic (exact) mass is 654 g/mol. The first-order valence-corrected chi connectivity index (χ1v) is 15.7. The van der Waals surface area contributed by atoms with Crippen LogP contribution in [0.1, 0.15) is 36.6 Å². The zero-order valence-corrected chi connectivity index (χ0v) is 27.3. The number of nitrogens with zero attached hydrogens (tertiary/aromatic N) is 7. The number of fused-ring (bicyclic) bond motifs is 3. The highest BCUT2D eigenvalue weighted by molar-refractivity contribution is 6.40. The predicted molar refractivity (Wildman–Crippen MR) is 180 cm³/mol. The summed E-state index contributed by atoms with van der Waals surface area (Å²) >= 11 is 7.27. The van der Waals surface area contributed by atoms with Crippen LogP contribution in [-0.4, -0.2) is 74.2 Å².